The van der Waals surface area contributed by atoms with E-state index in [-0.39, 0.29) is 12.5 Å². The number of unbranched alkanes of at least 4 members (excludes halogenated alkanes) is 1. The molecule has 1 aromatic rings. The number of amides is 1. The first-order chi connectivity index (χ1) is 11.6. The minimum atomic E-state index is -0.00113. The second-order valence-corrected chi connectivity index (χ2v) is 6.51. The van der Waals surface area contributed by atoms with Crippen molar-refractivity contribution in [1.82, 2.24) is 4.90 Å². The Morgan fingerprint density at radius 3 is 2.79 bits per heavy atom. The van der Waals surface area contributed by atoms with Gasteiger partial charge in [0.05, 0.1) is 25.6 Å². The monoisotopic (exact) mass is 395 g/mol. The Morgan fingerprint density at radius 2 is 2.12 bits per heavy atom. The number of halogens is 1. The van der Waals surface area contributed by atoms with Gasteiger partial charge in [-0.2, -0.15) is 5.26 Å². The van der Waals surface area contributed by atoms with E-state index in [4.69, 9.17) is 10.00 Å². The third-order valence-electron chi connectivity index (χ3n) is 3.63. The van der Waals surface area contributed by atoms with Crippen LogP contribution in [-0.4, -0.2) is 50.7 Å². The molecule has 0 spiro atoms. The maximum Gasteiger partial charge on any atom is 0.241 e. The molecule has 132 valence electrons. The Morgan fingerprint density at radius 1 is 1.33 bits per heavy atom. The molecule has 0 aliphatic heterocycles. The second kappa shape index (κ2) is 11.9. The maximum absolute atomic E-state index is 12.4. The minimum absolute atomic E-state index is 0.00113. The fourth-order valence-electron chi connectivity index (χ4n) is 2.12. The van der Waals surface area contributed by atoms with Gasteiger partial charge in [0.15, 0.2) is 0 Å². The first-order valence-electron chi connectivity index (χ1n) is 8.27. The zero-order valence-corrected chi connectivity index (χ0v) is 16.1. The fraction of sp³-hybridized carbons (Fsp3) is 0.556. The lowest BCUT2D eigenvalue weighted by molar-refractivity contribution is -0.128. The Bertz CT molecular complexity index is 545. The molecule has 1 amide bonds. The smallest absolute Gasteiger partial charge is 0.241 e. The molecule has 0 saturated carbocycles. The average Bonchev–Trinajstić information content (AvgIpc) is 2.58. The van der Waals surface area contributed by atoms with Crippen LogP contribution in [0.5, 0.6) is 0 Å². The summed E-state index contributed by atoms with van der Waals surface area (Å²) in [5.74, 6) is -0.00113. The highest BCUT2D eigenvalue weighted by molar-refractivity contribution is 9.10. The van der Waals surface area contributed by atoms with Crippen LogP contribution in [0, 0.1) is 11.3 Å². The van der Waals surface area contributed by atoms with Gasteiger partial charge in [-0.1, -0.05) is 35.3 Å². The van der Waals surface area contributed by atoms with Crippen molar-refractivity contribution in [3.63, 3.8) is 0 Å². The molecule has 0 atom stereocenters. The zero-order chi connectivity index (χ0) is 17.8. The molecule has 0 unspecified atom stereocenters. The van der Waals surface area contributed by atoms with Crippen molar-refractivity contribution in [3.8, 4) is 6.07 Å². The van der Waals surface area contributed by atoms with Crippen LogP contribution in [0.4, 0.5) is 5.69 Å². The van der Waals surface area contributed by atoms with Gasteiger partial charge in [-0.25, -0.2) is 0 Å². The number of rotatable bonds is 11. The van der Waals surface area contributed by atoms with E-state index in [9.17, 15) is 4.79 Å². The first kappa shape index (κ1) is 20.5. The summed E-state index contributed by atoms with van der Waals surface area (Å²) in [6.45, 7) is 4.84. The van der Waals surface area contributed by atoms with E-state index in [0.717, 1.165) is 29.6 Å². The van der Waals surface area contributed by atoms with Crippen LogP contribution in [-0.2, 0) is 9.53 Å². The summed E-state index contributed by atoms with van der Waals surface area (Å²) in [6, 6.07) is 9.96. The van der Waals surface area contributed by atoms with Crippen LogP contribution in [0.15, 0.2) is 28.7 Å². The first-order valence-corrected chi connectivity index (χ1v) is 9.07. The number of ether oxygens (including phenoxy) is 1. The van der Waals surface area contributed by atoms with Gasteiger partial charge >= 0.3 is 0 Å². The van der Waals surface area contributed by atoms with Crippen LogP contribution in [0.3, 0.4) is 0 Å². The van der Waals surface area contributed by atoms with E-state index in [2.05, 4.69) is 28.9 Å². The van der Waals surface area contributed by atoms with E-state index < -0.39 is 0 Å². The standard InChI is InChI=1S/C18H26BrN3O2/c1-3-4-12-24-13-11-22(17-8-5-7-16(19)14-17)15-18(23)21(2)10-6-9-20/h5,7-8,14H,3-4,6,10-13,15H2,1-2H3. The SMILES string of the molecule is CCCCOCCN(CC(=O)N(C)CCC#N)c1cccc(Br)c1. The molecule has 0 aromatic heterocycles. The molecular formula is C18H26BrN3O2. The van der Waals surface area contributed by atoms with Crippen molar-refractivity contribution in [2.24, 2.45) is 0 Å². The van der Waals surface area contributed by atoms with Gasteiger partial charge in [0.1, 0.15) is 0 Å². The quantitative estimate of drug-likeness (QED) is 0.538. The lowest BCUT2D eigenvalue weighted by Crippen LogP contribution is -2.40. The van der Waals surface area contributed by atoms with Crippen LogP contribution < -0.4 is 4.90 Å². The van der Waals surface area contributed by atoms with Crippen molar-refractivity contribution in [1.29, 1.82) is 5.26 Å². The van der Waals surface area contributed by atoms with Crippen LogP contribution in [0.2, 0.25) is 0 Å². The molecule has 0 fully saturated rings. The molecule has 0 N–H and O–H groups in total. The Kier molecular flexibility index (Phi) is 10.1. The highest BCUT2D eigenvalue weighted by Gasteiger charge is 2.15. The average molecular weight is 396 g/mol. The van der Waals surface area contributed by atoms with Crippen molar-refractivity contribution in [2.45, 2.75) is 26.2 Å². The van der Waals surface area contributed by atoms with Gasteiger partial charge in [-0.3, -0.25) is 4.79 Å². The highest BCUT2D eigenvalue weighted by Crippen LogP contribution is 2.20. The summed E-state index contributed by atoms with van der Waals surface area (Å²) in [6.07, 6.45) is 2.50. The summed E-state index contributed by atoms with van der Waals surface area (Å²) in [5, 5.41) is 8.65. The number of hydrogen-bond acceptors (Lipinski definition) is 4. The van der Waals surface area contributed by atoms with Crippen LogP contribution in [0.25, 0.3) is 0 Å². The van der Waals surface area contributed by atoms with Crippen molar-refractivity contribution in [3.05, 3.63) is 28.7 Å². The number of carbonyl (C=O) groups is 1. The lowest BCUT2D eigenvalue weighted by atomic mass is 10.2. The topological polar surface area (TPSA) is 56.6 Å². The molecule has 0 radical (unpaired) electrons. The molecule has 0 heterocycles. The number of nitrogens with zero attached hydrogens (tertiary/aromatic N) is 3. The molecule has 1 aromatic carbocycles. The molecule has 5 nitrogen and oxygen atoms in total. The fourth-order valence-corrected chi connectivity index (χ4v) is 2.51. The predicted octanol–water partition coefficient (Wildman–Crippen LogP) is 3.44. The normalized spacial score (nSPS) is 10.2. The lowest BCUT2D eigenvalue weighted by Gasteiger charge is -2.27. The van der Waals surface area contributed by atoms with Crippen LogP contribution >= 0.6 is 15.9 Å². The van der Waals surface area contributed by atoms with E-state index in [0.29, 0.717) is 26.1 Å². The molecule has 24 heavy (non-hydrogen) atoms. The van der Waals surface area contributed by atoms with Crippen molar-refractivity contribution >= 4 is 27.5 Å². The number of hydrogen-bond donors (Lipinski definition) is 0. The summed E-state index contributed by atoms with van der Waals surface area (Å²) < 4.78 is 6.62. The number of carbonyl (C=O) groups excluding carboxylic acids is 1. The molecule has 6 heteroatoms. The molecular weight excluding hydrogens is 370 g/mol. The van der Waals surface area contributed by atoms with E-state index >= 15 is 0 Å². The maximum atomic E-state index is 12.4. The third kappa shape index (κ3) is 7.80. The van der Waals surface area contributed by atoms with Gasteiger partial charge in [-0.05, 0) is 24.6 Å². The third-order valence-corrected chi connectivity index (χ3v) is 4.13. The molecule has 0 saturated heterocycles. The van der Waals surface area contributed by atoms with Gasteiger partial charge in [0, 0.05) is 36.9 Å². The summed E-state index contributed by atoms with van der Waals surface area (Å²) in [7, 11) is 1.73. The van der Waals surface area contributed by atoms with Crippen molar-refractivity contribution in [2.75, 3.05) is 44.8 Å². The van der Waals surface area contributed by atoms with E-state index in [1.807, 2.05) is 29.2 Å². The van der Waals surface area contributed by atoms with Crippen molar-refractivity contribution < 1.29 is 9.53 Å². The highest BCUT2D eigenvalue weighted by atomic mass is 79.9. The van der Waals surface area contributed by atoms with Gasteiger partial charge in [-0.15, -0.1) is 0 Å². The molecule has 1 rings (SSSR count). The Balaban J connectivity index is 2.67. The largest absolute Gasteiger partial charge is 0.380 e. The number of nitriles is 1. The van der Waals surface area contributed by atoms with E-state index in [1.165, 1.54) is 0 Å². The molecule has 0 aliphatic carbocycles. The summed E-state index contributed by atoms with van der Waals surface area (Å²) in [5.41, 5.74) is 0.977. The van der Waals surface area contributed by atoms with Gasteiger partial charge < -0.3 is 14.5 Å². The van der Waals surface area contributed by atoms with Gasteiger partial charge in [0.25, 0.3) is 0 Å². The zero-order valence-electron chi connectivity index (χ0n) is 14.5. The number of benzene rings is 1. The van der Waals surface area contributed by atoms with Crippen LogP contribution in [0.1, 0.15) is 26.2 Å². The van der Waals surface area contributed by atoms with E-state index in [1.54, 1.807) is 11.9 Å². The summed E-state index contributed by atoms with van der Waals surface area (Å²) in [4.78, 5) is 16.0. The summed E-state index contributed by atoms with van der Waals surface area (Å²) >= 11 is 3.47. The number of likely N-dealkylation sites (N-methyl/N-ethyl adjacent to an activating group) is 1. The Hall–Kier alpha value is -1.58. The van der Waals surface area contributed by atoms with Gasteiger partial charge in [0.2, 0.25) is 5.91 Å². The molecule has 0 bridgehead atoms. The Labute approximate surface area is 153 Å². The predicted molar refractivity (Wildman–Crippen MR) is 99.9 cm³/mol. The second-order valence-electron chi connectivity index (χ2n) is 5.59. The number of anilines is 1. The molecule has 0 aliphatic rings. The minimum Gasteiger partial charge on any atom is -0.380 e.